The van der Waals surface area contributed by atoms with Gasteiger partial charge in [0.05, 0.1) is 0 Å². The highest BCUT2D eigenvalue weighted by Crippen LogP contribution is 2.26. The van der Waals surface area contributed by atoms with Crippen molar-refractivity contribution in [2.45, 2.75) is 6.92 Å². The zero-order chi connectivity index (χ0) is 22.2. The number of aromatic amines is 2. The Morgan fingerprint density at radius 2 is 1.06 bits per heavy atom. The second-order valence-corrected chi connectivity index (χ2v) is 8.62. The molecule has 0 atom stereocenters. The highest BCUT2D eigenvalue weighted by atomic mass is 14.7. The van der Waals surface area contributed by atoms with Crippen LogP contribution >= 0.6 is 0 Å². The minimum absolute atomic E-state index is 1.15. The van der Waals surface area contributed by atoms with E-state index >= 15 is 0 Å². The van der Waals surface area contributed by atoms with E-state index in [4.69, 9.17) is 0 Å². The molecule has 158 valence electrons. The summed E-state index contributed by atoms with van der Waals surface area (Å²) in [6.45, 7) is 2.13. The summed E-state index contributed by atoms with van der Waals surface area (Å²) in [5.74, 6) is 0. The summed E-state index contributed by atoms with van der Waals surface area (Å²) >= 11 is 0. The van der Waals surface area contributed by atoms with Crippen LogP contribution in [0.5, 0.6) is 0 Å². The van der Waals surface area contributed by atoms with E-state index < -0.39 is 0 Å². The maximum absolute atomic E-state index is 3.52. The number of para-hydroxylation sites is 1. The van der Waals surface area contributed by atoms with E-state index in [-0.39, 0.29) is 0 Å². The minimum Gasteiger partial charge on any atom is -0.355 e. The fraction of sp³-hybridized carbons (Fsp3) is 0.0323. The molecule has 0 fully saturated rings. The summed E-state index contributed by atoms with van der Waals surface area (Å²) in [5, 5.41) is 2.49. The molecule has 4 aromatic carbocycles. The Bertz CT molecular complexity index is 1560. The van der Waals surface area contributed by atoms with Gasteiger partial charge in [-0.25, -0.2) is 0 Å². The molecule has 2 nitrogen and oxygen atoms in total. The molecule has 0 aliphatic rings. The molecule has 0 aliphatic carbocycles. The average molecular weight is 425 g/mol. The van der Waals surface area contributed by atoms with Gasteiger partial charge in [0.1, 0.15) is 0 Å². The lowest BCUT2D eigenvalue weighted by Gasteiger charge is -2.01. The quantitative estimate of drug-likeness (QED) is 0.266. The Balaban J connectivity index is 1.19. The Morgan fingerprint density at radius 1 is 0.515 bits per heavy atom. The Hall–Kier alpha value is -4.30. The van der Waals surface area contributed by atoms with Crippen molar-refractivity contribution in [1.82, 2.24) is 9.97 Å². The van der Waals surface area contributed by atoms with Crippen LogP contribution in [0.3, 0.4) is 0 Å². The molecule has 0 amide bonds. The molecular weight excluding hydrogens is 400 g/mol. The molecule has 2 N–H and O–H groups in total. The lowest BCUT2D eigenvalue weighted by molar-refractivity contribution is 1.44. The molecule has 2 aromatic heterocycles. The molecule has 33 heavy (non-hydrogen) atoms. The number of aromatic nitrogens is 2. The zero-order valence-corrected chi connectivity index (χ0v) is 18.5. The highest BCUT2D eigenvalue weighted by molar-refractivity contribution is 5.87. The zero-order valence-electron chi connectivity index (χ0n) is 18.5. The third-order valence-corrected chi connectivity index (χ3v) is 6.22. The van der Waals surface area contributed by atoms with E-state index in [9.17, 15) is 0 Å². The Labute approximate surface area is 193 Å². The third kappa shape index (κ3) is 3.88. The second kappa shape index (κ2) is 7.99. The van der Waals surface area contributed by atoms with Gasteiger partial charge in [-0.05, 0) is 59.5 Å². The van der Waals surface area contributed by atoms with Gasteiger partial charge in [0, 0.05) is 33.2 Å². The van der Waals surface area contributed by atoms with E-state index in [1.807, 2.05) is 0 Å². The smallest absolute Gasteiger partial charge is 0.0464 e. The fourth-order valence-corrected chi connectivity index (χ4v) is 4.38. The summed E-state index contributed by atoms with van der Waals surface area (Å²) in [6, 6.07) is 36.7. The van der Waals surface area contributed by atoms with Crippen LogP contribution in [0.2, 0.25) is 0 Å². The first-order valence-corrected chi connectivity index (χ1v) is 11.3. The first-order chi connectivity index (χ1) is 16.2. The van der Waals surface area contributed by atoms with Crippen molar-refractivity contribution in [2.75, 3.05) is 0 Å². The molecule has 6 aromatic rings. The Kier molecular flexibility index (Phi) is 4.70. The van der Waals surface area contributed by atoms with E-state index in [1.54, 1.807) is 0 Å². The molecule has 0 aliphatic heterocycles. The van der Waals surface area contributed by atoms with Gasteiger partial charge in [-0.15, -0.1) is 0 Å². The van der Waals surface area contributed by atoms with Crippen molar-refractivity contribution in [3.05, 3.63) is 120 Å². The van der Waals surface area contributed by atoms with Gasteiger partial charge >= 0.3 is 0 Å². The van der Waals surface area contributed by atoms with E-state index in [2.05, 4.69) is 132 Å². The van der Waals surface area contributed by atoms with E-state index in [0.717, 1.165) is 11.4 Å². The monoisotopic (exact) mass is 424 g/mol. The minimum atomic E-state index is 1.15. The average Bonchev–Trinajstić information content (AvgIpc) is 3.47. The molecule has 2 heterocycles. The number of nitrogens with one attached hydrogen (secondary N) is 2. The number of hydrogen-bond donors (Lipinski definition) is 2. The number of benzene rings is 4. The molecule has 0 unspecified atom stereocenters. The van der Waals surface area contributed by atoms with Gasteiger partial charge in [-0.3, -0.25) is 0 Å². The van der Waals surface area contributed by atoms with Gasteiger partial charge in [0.15, 0.2) is 0 Å². The largest absolute Gasteiger partial charge is 0.355 e. The first-order valence-electron chi connectivity index (χ1n) is 11.3. The molecular formula is C31H24N2. The summed E-state index contributed by atoms with van der Waals surface area (Å²) in [6.07, 6.45) is 4.33. The lowest BCUT2D eigenvalue weighted by Crippen LogP contribution is -1.79. The number of fused-ring (bicyclic) bond motifs is 2. The van der Waals surface area contributed by atoms with Gasteiger partial charge in [-0.2, -0.15) is 0 Å². The predicted molar refractivity (Wildman–Crippen MR) is 141 cm³/mol. The fourth-order valence-electron chi connectivity index (χ4n) is 4.38. The van der Waals surface area contributed by atoms with Gasteiger partial charge in [0.25, 0.3) is 0 Å². The molecule has 2 heteroatoms. The maximum atomic E-state index is 3.52. The lowest BCUT2D eigenvalue weighted by atomic mass is 10.1. The summed E-state index contributed by atoms with van der Waals surface area (Å²) in [4.78, 5) is 7.02. The van der Waals surface area contributed by atoms with Crippen LogP contribution in [-0.4, -0.2) is 9.97 Å². The third-order valence-electron chi connectivity index (χ3n) is 6.22. The normalized spacial score (nSPS) is 11.7. The number of hydrogen-bond acceptors (Lipinski definition) is 0. The predicted octanol–water partition coefficient (Wildman–Crippen LogP) is 8.46. The van der Waals surface area contributed by atoms with Crippen LogP contribution in [0.25, 0.3) is 56.5 Å². The van der Waals surface area contributed by atoms with Gasteiger partial charge in [-0.1, -0.05) is 90.5 Å². The van der Waals surface area contributed by atoms with Crippen LogP contribution in [-0.2, 0) is 0 Å². The number of rotatable bonds is 4. The molecule has 0 saturated heterocycles. The van der Waals surface area contributed by atoms with Crippen molar-refractivity contribution < 1.29 is 0 Å². The summed E-state index contributed by atoms with van der Waals surface area (Å²) < 4.78 is 0. The summed E-state index contributed by atoms with van der Waals surface area (Å²) in [7, 11) is 0. The van der Waals surface area contributed by atoms with Crippen molar-refractivity contribution in [3.8, 4) is 22.5 Å². The molecule has 0 radical (unpaired) electrons. The second-order valence-electron chi connectivity index (χ2n) is 8.62. The van der Waals surface area contributed by atoms with Crippen molar-refractivity contribution in [1.29, 1.82) is 0 Å². The van der Waals surface area contributed by atoms with Crippen LogP contribution < -0.4 is 0 Å². The van der Waals surface area contributed by atoms with Crippen molar-refractivity contribution in [3.63, 3.8) is 0 Å². The van der Waals surface area contributed by atoms with Gasteiger partial charge in [0.2, 0.25) is 0 Å². The van der Waals surface area contributed by atoms with Crippen molar-refractivity contribution in [2.24, 2.45) is 0 Å². The molecule has 0 saturated carbocycles. The van der Waals surface area contributed by atoms with E-state index in [0.29, 0.717) is 0 Å². The van der Waals surface area contributed by atoms with Crippen molar-refractivity contribution >= 4 is 34.0 Å². The van der Waals surface area contributed by atoms with Crippen LogP contribution in [0.15, 0.2) is 103 Å². The van der Waals surface area contributed by atoms with Crippen LogP contribution in [0.4, 0.5) is 0 Å². The maximum Gasteiger partial charge on any atom is 0.0464 e. The summed E-state index contributed by atoms with van der Waals surface area (Å²) in [5.41, 5.74) is 10.7. The van der Waals surface area contributed by atoms with Gasteiger partial charge < -0.3 is 9.97 Å². The molecule has 6 rings (SSSR count). The number of H-pyrrole nitrogens is 2. The van der Waals surface area contributed by atoms with E-state index in [1.165, 1.54) is 49.6 Å². The molecule has 0 bridgehead atoms. The van der Waals surface area contributed by atoms with Crippen LogP contribution in [0, 0.1) is 6.92 Å². The first kappa shape index (κ1) is 19.4. The number of aryl methyl sites for hydroxylation is 1. The standard InChI is InChI=1S/C31H24N2/c1-21-6-17-29-27(18-21)20-31(33-29)25-15-11-23(12-16-25)8-7-22-9-13-24(14-10-22)30-19-26-4-2-3-5-28(26)32-30/h2-20,32-33H,1H3. The SMILES string of the molecule is Cc1ccc2[nH]c(-c3ccc(C=Cc4ccc(-c5cc6ccccc6[nH]5)cc4)cc3)cc2c1. The Morgan fingerprint density at radius 3 is 1.67 bits per heavy atom. The molecule has 0 spiro atoms. The topological polar surface area (TPSA) is 31.6 Å². The van der Waals surface area contributed by atoms with Crippen LogP contribution in [0.1, 0.15) is 16.7 Å². The highest BCUT2D eigenvalue weighted by Gasteiger charge is 2.04.